The lowest BCUT2D eigenvalue weighted by molar-refractivity contribution is 0.443. The lowest BCUT2D eigenvalue weighted by atomic mass is 10.0. The van der Waals surface area contributed by atoms with Crippen molar-refractivity contribution in [3.63, 3.8) is 0 Å². The topological polar surface area (TPSA) is 71.3 Å². The van der Waals surface area contributed by atoms with Gasteiger partial charge in [-0.3, -0.25) is 0 Å². The zero-order valence-corrected chi connectivity index (χ0v) is 14.5. The van der Waals surface area contributed by atoms with Gasteiger partial charge in [0.05, 0.1) is 6.54 Å². The first kappa shape index (κ1) is 18.2. The number of hydrogen-bond acceptors (Lipinski definition) is 4. The zero-order valence-electron chi connectivity index (χ0n) is 13.7. The molecule has 0 unspecified atom stereocenters. The summed E-state index contributed by atoms with van der Waals surface area (Å²) < 4.78 is 32.9. The molecule has 2 N–H and O–H groups in total. The van der Waals surface area contributed by atoms with Gasteiger partial charge in [0, 0.05) is 18.7 Å². The van der Waals surface area contributed by atoms with Crippen LogP contribution in [0, 0.1) is 12.8 Å². The fourth-order valence-corrected chi connectivity index (χ4v) is 3.38. The molecule has 21 heavy (non-hydrogen) atoms. The van der Waals surface area contributed by atoms with E-state index in [1.165, 1.54) is 0 Å². The summed E-state index contributed by atoms with van der Waals surface area (Å²) in [6, 6.07) is 1.93. The summed E-state index contributed by atoms with van der Waals surface area (Å²) >= 11 is 0. The van der Waals surface area contributed by atoms with E-state index >= 15 is 0 Å². The van der Waals surface area contributed by atoms with Crippen LogP contribution in [-0.4, -0.2) is 21.0 Å². The average molecular weight is 316 g/mol. The molecule has 0 fully saturated rings. The molecule has 0 saturated heterocycles. The van der Waals surface area contributed by atoms with E-state index in [1.807, 2.05) is 13.8 Å². The summed E-state index contributed by atoms with van der Waals surface area (Å²) in [6.07, 6.45) is 1.93. The summed E-state index contributed by atoms with van der Waals surface area (Å²) in [5.41, 5.74) is 0. The van der Waals surface area contributed by atoms with Crippen molar-refractivity contribution in [3.05, 3.63) is 17.6 Å². The van der Waals surface area contributed by atoms with Crippen LogP contribution in [0.25, 0.3) is 0 Å². The largest absolute Gasteiger partial charge is 0.464 e. The van der Waals surface area contributed by atoms with Crippen LogP contribution in [0.4, 0.5) is 0 Å². The Balaban J connectivity index is 2.78. The third-order valence-electron chi connectivity index (χ3n) is 3.61. The fourth-order valence-electron chi connectivity index (χ4n) is 2.07. The second kappa shape index (κ2) is 7.96. The second-order valence-corrected chi connectivity index (χ2v) is 7.44. The lowest BCUT2D eigenvalue weighted by Gasteiger charge is -2.13. The van der Waals surface area contributed by atoms with Crippen molar-refractivity contribution in [3.8, 4) is 0 Å². The van der Waals surface area contributed by atoms with E-state index in [2.05, 4.69) is 23.9 Å². The minimum atomic E-state index is -3.50. The van der Waals surface area contributed by atoms with Crippen LogP contribution in [0.3, 0.4) is 0 Å². The molecule has 0 aliphatic carbocycles. The predicted molar refractivity (Wildman–Crippen MR) is 84.7 cm³/mol. The molecule has 1 rings (SSSR count). The standard InChI is InChI=1S/C15H28N2O3S/c1-6-13(7-2)9-17-21(18,19)15-8-14(20-12(15)5)10-16-11(3)4/h8,11,13,16-17H,6-7,9-10H2,1-5H3. The number of furan rings is 1. The molecule has 0 radical (unpaired) electrons. The third kappa shape index (κ3) is 5.45. The highest BCUT2D eigenvalue weighted by atomic mass is 32.2. The molecular weight excluding hydrogens is 288 g/mol. The van der Waals surface area contributed by atoms with Gasteiger partial charge in [0.2, 0.25) is 10.0 Å². The fraction of sp³-hybridized carbons (Fsp3) is 0.733. The van der Waals surface area contributed by atoms with Crippen LogP contribution >= 0.6 is 0 Å². The van der Waals surface area contributed by atoms with E-state index in [0.717, 1.165) is 12.8 Å². The van der Waals surface area contributed by atoms with E-state index in [1.54, 1.807) is 13.0 Å². The van der Waals surface area contributed by atoms with Gasteiger partial charge in [0.15, 0.2) is 0 Å². The van der Waals surface area contributed by atoms with Crippen LogP contribution < -0.4 is 10.0 Å². The normalized spacial score (nSPS) is 12.5. The van der Waals surface area contributed by atoms with Gasteiger partial charge >= 0.3 is 0 Å². The number of hydrogen-bond donors (Lipinski definition) is 2. The van der Waals surface area contributed by atoms with Crippen molar-refractivity contribution >= 4 is 10.0 Å². The molecule has 0 aliphatic heterocycles. The summed E-state index contributed by atoms with van der Waals surface area (Å²) in [7, 11) is -3.50. The van der Waals surface area contributed by atoms with Crippen molar-refractivity contribution in [2.45, 2.75) is 64.9 Å². The first-order valence-corrected chi connectivity index (χ1v) is 9.10. The number of aryl methyl sites for hydroxylation is 1. The second-order valence-electron chi connectivity index (χ2n) is 5.70. The van der Waals surface area contributed by atoms with Crippen molar-refractivity contribution in [1.82, 2.24) is 10.0 Å². The molecule has 122 valence electrons. The molecule has 0 aromatic carbocycles. The van der Waals surface area contributed by atoms with Crippen molar-refractivity contribution in [1.29, 1.82) is 0 Å². The molecular formula is C15H28N2O3S. The molecule has 0 aliphatic rings. The zero-order chi connectivity index (χ0) is 16.0. The first-order chi connectivity index (χ1) is 9.80. The van der Waals surface area contributed by atoms with Crippen molar-refractivity contribution in [2.75, 3.05) is 6.54 Å². The molecule has 5 nitrogen and oxygen atoms in total. The number of nitrogens with one attached hydrogen (secondary N) is 2. The van der Waals surface area contributed by atoms with Gasteiger partial charge in [-0.25, -0.2) is 13.1 Å². The van der Waals surface area contributed by atoms with E-state index in [0.29, 0.717) is 36.6 Å². The molecule has 6 heteroatoms. The predicted octanol–water partition coefficient (Wildman–Crippen LogP) is 2.80. The summed E-state index contributed by atoms with van der Waals surface area (Å²) in [5.74, 6) is 1.45. The molecule has 0 atom stereocenters. The highest BCUT2D eigenvalue weighted by Crippen LogP contribution is 2.20. The SMILES string of the molecule is CCC(CC)CNS(=O)(=O)c1cc(CNC(C)C)oc1C. The summed E-state index contributed by atoms with van der Waals surface area (Å²) in [4.78, 5) is 0.244. The van der Waals surface area contributed by atoms with Gasteiger partial charge in [-0.2, -0.15) is 0 Å². The van der Waals surface area contributed by atoms with Crippen LogP contribution in [-0.2, 0) is 16.6 Å². The molecule has 0 bridgehead atoms. The van der Waals surface area contributed by atoms with Gasteiger partial charge in [-0.1, -0.05) is 40.5 Å². The lowest BCUT2D eigenvalue weighted by Crippen LogP contribution is -2.29. The van der Waals surface area contributed by atoms with Gasteiger partial charge < -0.3 is 9.73 Å². The average Bonchev–Trinajstić information content (AvgIpc) is 2.79. The molecule has 0 saturated carbocycles. The van der Waals surface area contributed by atoms with Crippen LogP contribution in [0.1, 0.15) is 52.1 Å². The Kier molecular flexibility index (Phi) is 6.90. The molecule has 1 aromatic rings. The maximum atomic E-state index is 12.3. The Bertz CT molecular complexity index is 531. The van der Waals surface area contributed by atoms with Crippen LogP contribution in [0.2, 0.25) is 0 Å². The number of rotatable bonds is 9. The van der Waals surface area contributed by atoms with Gasteiger partial charge in [-0.05, 0) is 12.8 Å². The Morgan fingerprint density at radius 1 is 1.24 bits per heavy atom. The maximum Gasteiger partial charge on any atom is 0.244 e. The van der Waals surface area contributed by atoms with Crippen molar-refractivity contribution < 1.29 is 12.8 Å². The van der Waals surface area contributed by atoms with Crippen molar-refractivity contribution in [2.24, 2.45) is 5.92 Å². The Morgan fingerprint density at radius 3 is 2.38 bits per heavy atom. The maximum absolute atomic E-state index is 12.3. The summed E-state index contributed by atoms with van der Waals surface area (Å²) in [6.45, 7) is 10.9. The smallest absolute Gasteiger partial charge is 0.244 e. The Labute approximate surface area is 128 Å². The van der Waals surface area contributed by atoms with Gasteiger partial charge in [0.1, 0.15) is 16.4 Å². The first-order valence-electron chi connectivity index (χ1n) is 7.62. The van der Waals surface area contributed by atoms with E-state index in [9.17, 15) is 8.42 Å². The molecule has 1 heterocycles. The minimum Gasteiger partial charge on any atom is -0.464 e. The Hall–Kier alpha value is -0.850. The quantitative estimate of drug-likeness (QED) is 0.735. The van der Waals surface area contributed by atoms with Gasteiger partial charge in [0.25, 0.3) is 0 Å². The Morgan fingerprint density at radius 2 is 1.86 bits per heavy atom. The highest BCUT2D eigenvalue weighted by Gasteiger charge is 2.22. The minimum absolute atomic E-state index is 0.244. The number of sulfonamides is 1. The van der Waals surface area contributed by atoms with E-state index in [4.69, 9.17) is 4.42 Å². The molecule has 1 aromatic heterocycles. The highest BCUT2D eigenvalue weighted by molar-refractivity contribution is 7.89. The van der Waals surface area contributed by atoms with Crippen LogP contribution in [0.15, 0.2) is 15.4 Å². The van der Waals surface area contributed by atoms with Gasteiger partial charge in [-0.15, -0.1) is 0 Å². The van der Waals surface area contributed by atoms with E-state index in [-0.39, 0.29) is 4.90 Å². The molecule has 0 amide bonds. The van der Waals surface area contributed by atoms with E-state index < -0.39 is 10.0 Å². The monoisotopic (exact) mass is 316 g/mol. The molecule has 0 spiro atoms. The van der Waals surface area contributed by atoms with Crippen LogP contribution in [0.5, 0.6) is 0 Å². The summed E-state index contributed by atoms with van der Waals surface area (Å²) in [5, 5.41) is 3.21. The third-order valence-corrected chi connectivity index (χ3v) is 5.15.